The molecule has 0 unspecified atom stereocenters. The number of piperidine rings is 1. The van der Waals surface area contributed by atoms with Crippen molar-refractivity contribution in [3.63, 3.8) is 0 Å². The summed E-state index contributed by atoms with van der Waals surface area (Å²) >= 11 is 8.05. The molecule has 1 atom stereocenters. The van der Waals surface area contributed by atoms with Gasteiger partial charge in [0.05, 0.1) is 53.4 Å². The van der Waals surface area contributed by atoms with Crippen LogP contribution in [-0.4, -0.2) is 62.8 Å². The normalized spacial score (nSPS) is 19.9. The van der Waals surface area contributed by atoms with Crippen molar-refractivity contribution >= 4 is 46.8 Å². The van der Waals surface area contributed by atoms with Crippen molar-refractivity contribution in [3.8, 4) is 0 Å². The number of fused-ring (bicyclic) bond motifs is 1. The number of benzene rings is 1. The van der Waals surface area contributed by atoms with E-state index in [-0.39, 0.29) is 12.1 Å². The van der Waals surface area contributed by atoms with E-state index in [1.54, 1.807) is 24.5 Å². The first kappa shape index (κ1) is 26.5. The average Bonchev–Trinajstić information content (AvgIpc) is 3.29. The zero-order valence-corrected chi connectivity index (χ0v) is 23.1. The molecule has 2 saturated heterocycles. The fraction of sp³-hybridized carbons (Fsp3) is 0.407. The molecule has 2 aromatic heterocycles. The van der Waals surface area contributed by atoms with E-state index in [1.165, 1.54) is 29.0 Å². The standard InChI is InChI=1S/C27H30ClN7O2S/c1-18-12-27(15-37-18)7-10-34(11-8-27)19(2)31-13-23(29-3)38-22-5-4-21-24(25(22)28)26(36)35(17-33-21)14-20-6-9-30-16-32-20/h4-6,9,13,16-18H,3,7-8,10-12,14-15H2,1-2H3/b23-13+,31-19?/t18-/m0/s1. The minimum atomic E-state index is -0.239. The zero-order valence-electron chi connectivity index (χ0n) is 21.5. The lowest BCUT2D eigenvalue weighted by atomic mass is 9.77. The number of thioether (sulfide) groups is 1. The van der Waals surface area contributed by atoms with Crippen LogP contribution in [0.1, 0.15) is 38.8 Å². The molecule has 1 spiro atoms. The Morgan fingerprint density at radius 2 is 2.13 bits per heavy atom. The lowest BCUT2D eigenvalue weighted by Crippen LogP contribution is -2.42. The molecular formula is C27H30ClN7O2S. The van der Waals surface area contributed by atoms with Crippen LogP contribution in [0.5, 0.6) is 0 Å². The van der Waals surface area contributed by atoms with Gasteiger partial charge in [0.15, 0.2) is 0 Å². The Hall–Kier alpha value is -3.08. The maximum absolute atomic E-state index is 13.3. The Bertz CT molecular complexity index is 1450. The number of likely N-dealkylation sites (tertiary alicyclic amines) is 1. The first-order chi connectivity index (χ1) is 18.4. The third-order valence-electron chi connectivity index (χ3n) is 7.28. The van der Waals surface area contributed by atoms with Crippen molar-refractivity contribution in [1.29, 1.82) is 0 Å². The summed E-state index contributed by atoms with van der Waals surface area (Å²) in [5.74, 6) is 0.940. The van der Waals surface area contributed by atoms with E-state index in [2.05, 4.69) is 43.5 Å². The van der Waals surface area contributed by atoms with Crippen LogP contribution < -0.4 is 5.56 Å². The summed E-state index contributed by atoms with van der Waals surface area (Å²) in [5, 5.41) is 1.26. The summed E-state index contributed by atoms with van der Waals surface area (Å²) in [6, 6.07) is 5.37. The van der Waals surface area contributed by atoms with E-state index in [0.717, 1.165) is 44.8 Å². The molecule has 1 aromatic carbocycles. The number of hydrogen-bond donors (Lipinski definition) is 0. The average molecular weight is 552 g/mol. The summed E-state index contributed by atoms with van der Waals surface area (Å²) < 4.78 is 7.34. The van der Waals surface area contributed by atoms with E-state index in [1.807, 2.05) is 13.0 Å². The second-order valence-corrected chi connectivity index (χ2v) is 11.3. The molecule has 4 heterocycles. The molecule has 0 radical (unpaired) electrons. The molecule has 5 rings (SSSR count). The molecule has 2 fully saturated rings. The van der Waals surface area contributed by atoms with Gasteiger partial charge in [0.1, 0.15) is 17.2 Å². The third kappa shape index (κ3) is 5.67. The minimum Gasteiger partial charge on any atom is -0.378 e. The smallest absolute Gasteiger partial charge is 0.263 e. The van der Waals surface area contributed by atoms with Gasteiger partial charge in [-0.15, -0.1) is 0 Å². The van der Waals surface area contributed by atoms with Crippen LogP contribution in [0.25, 0.3) is 10.9 Å². The van der Waals surface area contributed by atoms with Crippen LogP contribution in [0.3, 0.4) is 0 Å². The largest absolute Gasteiger partial charge is 0.378 e. The first-order valence-electron chi connectivity index (χ1n) is 12.6. The van der Waals surface area contributed by atoms with Gasteiger partial charge in [-0.1, -0.05) is 23.4 Å². The lowest BCUT2D eigenvalue weighted by Gasteiger charge is -2.39. The highest BCUT2D eigenvalue weighted by molar-refractivity contribution is 8.03. The Labute approximate surface area is 230 Å². The fourth-order valence-corrected chi connectivity index (χ4v) is 6.18. The number of nitrogens with zero attached hydrogens (tertiary/aromatic N) is 7. The highest BCUT2D eigenvalue weighted by atomic mass is 35.5. The quantitative estimate of drug-likeness (QED) is 0.247. The molecular weight excluding hydrogens is 522 g/mol. The van der Waals surface area contributed by atoms with Gasteiger partial charge in [0.25, 0.3) is 5.56 Å². The molecule has 0 bridgehead atoms. The summed E-state index contributed by atoms with van der Waals surface area (Å²) in [6.07, 6.45) is 10.0. The van der Waals surface area contributed by atoms with Gasteiger partial charge in [-0.3, -0.25) is 14.4 Å². The molecule has 0 aliphatic carbocycles. The molecule has 198 valence electrons. The monoisotopic (exact) mass is 551 g/mol. The number of ether oxygens (including phenoxy) is 1. The Kier molecular flexibility index (Phi) is 7.92. The summed E-state index contributed by atoms with van der Waals surface area (Å²) in [4.78, 5) is 37.6. The summed E-state index contributed by atoms with van der Waals surface area (Å²) in [5.41, 5.74) is 1.32. The van der Waals surface area contributed by atoms with Gasteiger partial charge < -0.3 is 9.64 Å². The number of rotatable bonds is 6. The maximum atomic E-state index is 13.3. The molecule has 0 N–H and O–H groups in total. The van der Waals surface area contributed by atoms with Crippen molar-refractivity contribution in [2.24, 2.45) is 15.4 Å². The van der Waals surface area contributed by atoms with Crippen LogP contribution in [0, 0.1) is 5.41 Å². The van der Waals surface area contributed by atoms with Gasteiger partial charge in [0.2, 0.25) is 0 Å². The molecule has 38 heavy (non-hydrogen) atoms. The maximum Gasteiger partial charge on any atom is 0.263 e. The number of aromatic nitrogens is 4. The van der Waals surface area contributed by atoms with Crippen molar-refractivity contribution in [2.75, 3.05) is 19.7 Å². The number of aliphatic imine (C=N–C) groups is 2. The van der Waals surface area contributed by atoms with Crippen molar-refractivity contribution in [3.05, 3.63) is 69.3 Å². The summed E-state index contributed by atoms with van der Waals surface area (Å²) in [7, 11) is 0. The molecule has 0 saturated carbocycles. The highest BCUT2D eigenvalue weighted by Gasteiger charge is 2.41. The predicted octanol–water partition coefficient (Wildman–Crippen LogP) is 4.79. The van der Waals surface area contributed by atoms with Crippen molar-refractivity contribution in [2.45, 2.75) is 50.7 Å². The predicted molar refractivity (Wildman–Crippen MR) is 152 cm³/mol. The van der Waals surface area contributed by atoms with E-state index >= 15 is 0 Å². The van der Waals surface area contributed by atoms with E-state index < -0.39 is 0 Å². The topological polar surface area (TPSA) is 97.9 Å². The Morgan fingerprint density at radius 1 is 1.32 bits per heavy atom. The fourth-order valence-electron chi connectivity index (χ4n) is 5.11. The van der Waals surface area contributed by atoms with Crippen LogP contribution >= 0.6 is 23.4 Å². The van der Waals surface area contributed by atoms with Gasteiger partial charge in [-0.2, -0.15) is 0 Å². The Morgan fingerprint density at radius 3 is 2.82 bits per heavy atom. The van der Waals surface area contributed by atoms with Crippen molar-refractivity contribution < 1.29 is 4.74 Å². The molecule has 2 aliphatic rings. The van der Waals surface area contributed by atoms with Crippen LogP contribution in [-0.2, 0) is 11.3 Å². The number of amidine groups is 1. The number of halogens is 1. The lowest BCUT2D eigenvalue weighted by molar-refractivity contribution is 0.0841. The van der Waals surface area contributed by atoms with Gasteiger partial charge in [0, 0.05) is 24.2 Å². The third-order valence-corrected chi connectivity index (χ3v) is 8.79. The second kappa shape index (κ2) is 11.3. The van der Waals surface area contributed by atoms with Gasteiger partial charge >= 0.3 is 0 Å². The van der Waals surface area contributed by atoms with Gasteiger partial charge in [-0.05, 0) is 63.4 Å². The van der Waals surface area contributed by atoms with E-state index in [0.29, 0.717) is 43.1 Å². The van der Waals surface area contributed by atoms with Crippen LogP contribution in [0.15, 0.2) is 68.0 Å². The second-order valence-electron chi connectivity index (χ2n) is 9.87. The zero-order chi connectivity index (χ0) is 26.7. The molecule has 2 aliphatic heterocycles. The van der Waals surface area contributed by atoms with E-state index in [9.17, 15) is 4.79 Å². The Balaban J connectivity index is 1.32. The van der Waals surface area contributed by atoms with Crippen molar-refractivity contribution in [1.82, 2.24) is 24.4 Å². The molecule has 0 amide bonds. The highest BCUT2D eigenvalue weighted by Crippen LogP contribution is 2.42. The molecule has 11 heteroatoms. The van der Waals surface area contributed by atoms with Gasteiger partial charge in [-0.25, -0.2) is 19.9 Å². The number of hydrogen-bond acceptors (Lipinski definition) is 8. The van der Waals surface area contributed by atoms with Crippen LogP contribution in [0.4, 0.5) is 0 Å². The minimum absolute atomic E-state index is 0.239. The first-order valence-corrected chi connectivity index (χ1v) is 13.8. The SMILES string of the molecule is C=N/C(=C\N=C(C)N1CCC2(CC1)CO[C@@H](C)C2)Sc1ccc2ncn(Cc3ccncn3)c(=O)c2c1Cl. The summed E-state index contributed by atoms with van der Waals surface area (Å²) in [6.45, 7) is 11.0. The van der Waals surface area contributed by atoms with E-state index in [4.69, 9.17) is 16.3 Å². The molecule has 3 aromatic rings. The van der Waals surface area contributed by atoms with Crippen LogP contribution in [0.2, 0.25) is 5.02 Å². The molecule has 9 nitrogen and oxygen atoms in total.